The minimum absolute atomic E-state index is 0.0471. The number of amides is 1. The van der Waals surface area contributed by atoms with E-state index in [4.69, 9.17) is 0 Å². The summed E-state index contributed by atoms with van der Waals surface area (Å²) in [4.78, 5) is 27.1. The molecule has 0 bridgehead atoms. The number of benzene rings is 1. The second-order valence-corrected chi connectivity index (χ2v) is 7.49. The predicted molar refractivity (Wildman–Crippen MR) is 101 cm³/mol. The van der Waals surface area contributed by atoms with Crippen LogP contribution in [0.25, 0.3) is 0 Å². The number of rotatable bonds is 7. The van der Waals surface area contributed by atoms with E-state index in [0.29, 0.717) is 6.54 Å². The zero-order valence-electron chi connectivity index (χ0n) is 14.5. The highest BCUT2D eigenvalue weighted by atomic mass is 32.1. The molecule has 1 aliphatic heterocycles. The van der Waals surface area contributed by atoms with Crippen LogP contribution < -0.4 is 5.32 Å². The van der Waals surface area contributed by atoms with E-state index in [1.165, 1.54) is 22.5 Å². The molecule has 0 radical (unpaired) electrons. The molecule has 0 fully saturated rings. The predicted octanol–water partition coefficient (Wildman–Crippen LogP) is 3.27. The molecule has 1 amide bonds. The molecule has 2 heterocycles. The summed E-state index contributed by atoms with van der Waals surface area (Å²) in [5, 5.41) is 4.86. The highest BCUT2D eigenvalue weighted by Crippen LogP contribution is 2.20. The third-order valence-electron chi connectivity index (χ3n) is 4.75. The van der Waals surface area contributed by atoms with Crippen molar-refractivity contribution in [1.82, 2.24) is 10.2 Å². The first-order valence-corrected chi connectivity index (χ1v) is 9.65. The summed E-state index contributed by atoms with van der Waals surface area (Å²) in [6, 6.07) is 12.5. The minimum Gasteiger partial charge on any atom is -0.355 e. The lowest BCUT2D eigenvalue weighted by Gasteiger charge is -2.33. The Morgan fingerprint density at radius 2 is 1.96 bits per heavy atom. The topological polar surface area (TPSA) is 49.4 Å². The average molecular weight is 356 g/mol. The molecule has 0 saturated carbocycles. The number of carbonyl (C=O) groups is 2. The van der Waals surface area contributed by atoms with E-state index in [-0.39, 0.29) is 30.6 Å². The fraction of sp³-hybridized carbons (Fsp3) is 0.400. The highest BCUT2D eigenvalue weighted by molar-refractivity contribution is 7.12. The lowest BCUT2D eigenvalue weighted by Crippen LogP contribution is -2.44. The van der Waals surface area contributed by atoms with Crippen molar-refractivity contribution in [2.24, 2.45) is 0 Å². The van der Waals surface area contributed by atoms with Crippen LogP contribution in [0.1, 0.15) is 40.6 Å². The number of carbonyl (C=O) groups excluding carboxylic acids is 2. The number of thiophene rings is 1. The van der Waals surface area contributed by atoms with E-state index >= 15 is 0 Å². The molecule has 132 valence electrons. The molecule has 1 aromatic heterocycles. The van der Waals surface area contributed by atoms with Gasteiger partial charge in [0.15, 0.2) is 5.78 Å². The molecule has 1 atom stereocenters. The Morgan fingerprint density at radius 1 is 1.16 bits per heavy atom. The first-order valence-electron chi connectivity index (χ1n) is 8.77. The Hall–Kier alpha value is -1.98. The Labute approximate surface area is 152 Å². The van der Waals surface area contributed by atoms with Gasteiger partial charge in [-0.1, -0.05) is 30.3 Å². The summed E-state index contributed by atoms with van der Waals surface area (Å²) in [5.41, 5.74) is 2.82. The van der Waals surface area contributed by atoms with Crippen LogP contribution in [-0.4, -0.2) is 35.7 Å². The standard InChI is InChI=1S/C20H24N2O2S/c1-15(22-11-10-16-5-2-3-6-17(16)14-22)13-21-20(24)9-8-18(23)19-7-4-12-25-19/h2-7,12,15H,8-11,13-14H2,1H3,(H,21,24). The van der Waals surface area contributed by atoms with Crippen molar-refractivity contribution in [2.75, 3.05) is 13.1 Å². The van der Waals surface area contributed by atoms with Crippen LogP contribution >= 0.6 is 11.3 Å². The molecular formula is C20H24N2O2S. The number of Topliss-reactive ketones (excluding diaryl/α,β-unsaturated/α-hetero) is 1. The number of nitrogens with one attached hydrogen (secondary N) is 1. The lowest BCUT2D eigenvalue weighted by atomic mass is 9.99. The maximum absolute atomic E-state index is 12.0. The quantitative estimate of drug-likeness (QED) is 0.775. The molecule has 1 aliphatic rings. The van der Waals surface area contributed by atoms with E-state index in [9.17, 15) is 9.59 Å². The summed E-state index contributed by atoms with van der Waals surface area (Å²) < 4.78 is 0. The molecule has 0 saturated heterocycles. The molecule has 25 heavy (non-hydrogen) atoms. The fourth-order valence-corrected chi connectivity index (χ4v) is 3.85. The Morgan fingerprint density at radius 3 is 2.72 bits per heavy atom. The van der Waals surface area contributed by atoms with Gasteiger partial charge in [-0.05, 0) is 35.9 Å². The number of hydrogen-bond acceptors (Lipinski definition) is 4. The van der Waals surface area contributed by atoms with Crippen LogP contribution in [0.3, 0.4) is 0 Å². The van der Waals surface area contributed by atoms with Crippen LogP contribution in [0, 0.1) is 0 Å². The number of fused-ring (bicyclic) bond motifs is 1. The minimum atomic E-state index is -0.0471. The van der Waals surface area contributed by atoms with Crippen molar-refractivity contribution in [3.05, 3.63) is 57.8 Å². The molecule has 1 aromatic carbocycles. The SMILES string of the molecule is CC(CNC(=O)CCC(=O)c1cccs1)N1CCc2ccccc2C1. The van der Waals surface area contributed by atoms with Gasteiger partial charge in [-0.3, -0.25) is 14.5 Å². The Bertz CT molecular complexity index is 727. The van der Waals surface area contributed by atoms with Crippen LogP contribution in [-0.2, 0) is 17.8 Å². The number of hydrogen-bond donors (Lipinski definition) is 1. The molecular weight excluding hydrogens is 332 g/mol. The van der Waals surface area contributed by atoms with Crippen molar-refractivity contribution in [3.8, 4) is 0 Å². The van der Waals surface area contributed by atoms with Crippen molar-refractivity contribution < 1.29 is 9.59 Å². The van der Waals surface area contributed by atoms with Crippen LogP contribution in [0.4, 0.5) is 0 Å². The smallest absolute Gasteiger partial charge is 0.220 e. The Kier molecular flexibility index (Phi) is 6.00. The van der Waals surface area contributed by atoms with Gasteiger partial charge in [-0.25, -0.2) is 0 Å². The van der Waals surface area contributed by atoms with E-state index in [2.05, 4.69) is 41.4 Å². The largest absolute Gasteiger partial charge is 0.355 e. The third kappa shape index (κ3) is 4.77. The highest BCUT2D eigenvalue weighted by Gasteiger charge is 2.20. The first-order chi connectivity index (χ1) is 12.1. The van der Waals surface area contributed by atoms with E-state index in [1.54, 1.807) is 6.07 Å². The van der Waals surface area contributed by atoms with Gasteiger partial charge in [0, 0.05) is 38.5 Å². The van der Waals surface area contributed by atoms with Gasteiger partial charge >= 0.3 is 0 Å². The zero-order valence-corrected chi connectivity index (χ0v) is 15.3. The third-order valence-corrected chi connectivity index (χ3v) is 5.66. The monoisotopic (exact) mass is 356 g/mol. The summed E-state index contributed by atoms with van der Waals surface area (Å²) in [7, 11) is 0. The summed E-state index contributed by atoms with van der Waals surface area (Å²) in [5.74, 6) is 0.00000158. The molecule has 1 unspecified atom stereocenters. The van der Waals surface area contributed by atoms with E-state index < -0.39 is 0 Å². The van der Waals surface area contributed by atoms with Crippen LogP contribution in [0.15, 0.2) is 41.8 Å². The van der Waals surface area contributed by atoms with Crippen molar-refractivity contribution in [2.45, 2.75) is 38.8 Å². The summed E-state index contributed by atoms with van der Waals surface area (Å²) in [6.07, 6.45) is 1.59. The van der Waals surface area contributed by atoms with Gasteiger partial charge in [0.05, 0.1) is 4.88 Å². The summed E-state index contributed by atoms with van der Waals surface area (Å²) in [6.45, 7) is 4.72. The van der Waals surface area contributed by atoms with E-state index in [0.717, 1.165) is 24.4 Å². The number of nitrogens with zero attached hydrogens (tertiary/aromatic N) is 1. The normalized spacial score (nSPS) is 15.4. The maximum atomic E-state index is 12.0. The maximum Gasteiger partial charge on any atom is 0.220 e. The molecule has 0 spiro atoms. The number of ketones is 1. The average Bonchev–Trinajstić information content (AvgIpc) is 3.18. The van der Waals surface area contributed by atoms with Gasteiger partial charge in [0.25, 0.3) is 0 Å². The molecule has 5 heteroatoms. The second kappa shape index (κ2) is 8.41. The lowest BCUT2D eigenvalue weighted by molar-refractivity contribution is -0.121. The van der Waals surface area contributed by atoms with Crippen molar-refractivity contribution in [3.63, 3.8) is 0 Å². The van der Waals surface area contributed by atoms with Gasteiger partial charge in [-0.15, -0.1) is 11.3 Å². The van der Waals surface area contributed by atoms with E-state index in [1.807, 2.05) is 11.4 Å². The van der Waals surface area contributed by atoms with Gasteiger partial charge in [-0.2, -0.15) is 0 Å². The van der Waals surface area contributed by atoms with Crippen LogP contribution in [0.2, 0.25) is 0 Å². The zero-order chi connectivity index (χ0) is 17.6. The molecule has 4 nitrogen and oxygen atoms in total. The molecule has 2 aromatic rings. The second-order valence-electron chi connectivity index (χ2n) is 6.54. The Balaban J connectivity index is 1.41. The van der Waals surface area contributed by atoms with Crippen molar-refractivity contribution in [1.29, 1.82) is 0 Å². The van der Waals surface area contributed by atoms with Crippen LogP contribution in [0.5, 0.6) is 0 Å². The molecule has 3 rings (SSSR count). The molecule has 1 N–H and O–H groups in total. The molecule has 0 aliphatic carbocycles. The van der Waals surface area contributed by atoms with Gasteiger partial charge < -0.3 is 5.32 Å². The first kappa shape index (κ1) is 17.8. The van der Waals surface area contributed by atoms with Gasteiger partial charge in [0.1, 0.15) is 0 Å². The summed E-state index contributed by atoms with van der Waals surface area (Å²) >= 11 is 1.43. The van der Waals surface area contributed by atoms with Crippen molar-refractivity contribution >= 4 is 23.0 Å². The van der Waals surface area contributed by atoms with Gasteiger partial charge in [0.2, 0.25) is 5.91 Å². The fourth-order valence-electron chi connectivity index (χ4n) is 3.16.